The SMILES string of the molecule is CC(=O)C1(F)CCCCC1. The number of carbonyl (C=O) groups is 1. The van der Waals surface area contributed by atoms with Crippen LogP contribution in [0.25, 0.3) is 0 Å². The summed E-state index contributed by atoms with van der Waals surface area (Å²) >= 11 is 0. The molecule has 2 heteroatoms. The van der Waals surface area contributed by atoms with E-state index in [0.717, 1.165) is 19.3 Å². The normalized spacial score (nSPS) is 24.2. The molecule has 0 aromatic heterocycles. The molecule has 1 aliphatic rings. The van der Waals surface area contributed by atoms with Gasteiger partial charge in [-0.15, -0.1) is 0 Å². The zero-order valence-corrected chi connectivity index (χ0v) is 6.32. The van der Waals surface area contributed by atoms with E-state index in [0.29, 0.717) is 12.8 Å². The number of hydrogen-bond acceptors (Lipinski definition) is 1. The summed E-state index contributed by atoms with van der Waals surface area (Å²) in [6.45, 7) is 1.35. The van der Waals surface area contributed by atoms with Gasteiger partial charge in [-0.3, -0.25) is 4.79 Å². The van der Waals surface area contributed by atoms with Crippen molar-refractivity contribution < 1.29 is 9.18 Å². The predicted octanol–water partition coefficient (Wildman–Crippen LogP) is 2.25. The molecule has 58 valence electrons. The van der Waals surface area contributed by atoms with Crippen molar-refractivity contribution in [3.05, 3.63) is 0 Å². The van der Waals surface area contributed by atoms with Gasteiger partial charge in [0, 0.05) is 0 Å². The minimum atomic E-state index is -1.46. The highest BCUT2D eigenvalue weighted by atomic mass is 19.1. The van der Waals surface area contributed by atoms with Crippen LogP contribution < -0.4 is 0 Å². The lowest BCUT2D eigenvalue weighted by Crippen LogP contribution is -2.33. The van der Waals surface area contributed by atoms with E-state index >= 15 is 0 Å². The lowest BCUT2D eigenvalue weighted by molar-refractivity contribution is -0.130. The number of Topliss-reactive ketones (excluding diaryl/α,β-unsaturated/α-hetero) is 1. The summed E-state index contributed by atoms with van der Waals surface area (Å²) in [5.74, 6) is -0.285. The number of rotatable bonds is 1. The highest BCUT2D eigenvalue weighted by Crippen LogP contribution is 2.32. The van der Waals surface area contributed by atoms with Crippen molar-refractivity contribution in [1.82, 2.24) is 0 Å². The van der Waals surface area contributed by atoms with Gasteiger partial charge in [0.25, 0.3) is 0 Å². The maximum Gasteiger partial charge on any atom is 0.168 e. The largest absolute Gasteiger partial charge is 0.296 e. The first-order valence-corrected chi connectivity index (χ1v) is 3.85. The molecule has 0 aromatic carbocycles. The second kappa shape index (κ2) is 2.69. The standard InChI is InChI=1S/C8H13FO/c1-7(10)8(9)5-3-2-4-6-8/h2-6H2,1H3. The van der Waals surface area contributed by atoms with Gasteiger partial charge in [-0.1, -0.05) is 6.42 Å². The Bertz CT molecular complexity index is 136. The van der Waals surface area contributed by atoms with Gasteiger partial charge in [0.15, 0.2) is 11.5 Å². The van der Waals surface area contributed by atoms with Crippen LogP contribution in [-0.4, -0.2) is 11.5 Å². The third-order valence-corrected chi connectivity index (χ3v) is 2.28. The van der Waals surface area contributed by atoms with E-state index in [1.807, 2.05) is 0 Å². The average molecular weight is 144 g/mol. The molecule has 0 aromatic rings. The molecule has 0 unspecified atom stereocenters. The maximum atomic E-state index is 13.3. The highest BCUT2D eigenvalue weighted by molar-refractivity contribution is 5.84. The maximum absolute atomic E-state index is 13.3. The van der Waals surface area contributed by atoms with E-state index in [9.17, 15) is 9.18 Å². The molecule has 0 spiro atoms. The minimum Gasteiger partial charge on any atom is -0.296 e. The number of carbonyl (C=O) groups excluding carboxylic acids is 1. The lowest BCUT2D eigenvalue weighted by atomic mass is 9.84. The van der Waals surface area contributed by atoms with Crippen molar-refractivity contribution in [2.24, 2.45) is 0 Å². The fraction of sp³-hybridized carbons (Fsp3) is 0.875. The molecule has 0 heterocycles. The molecule has 0 N–H and O–H groups in total. The topological polar surface area (TPSA) is 17.1 Å². The third-order valence-electron chi connectivity index (χ3n) is 2.28. The van der Waals surface area contributed by atoms with Gasteiger partial charge in [0.1, 0.15) is 0 Å². The Balaban J connectivity index is 2.56. The summed E-state index contributed by atoms with van der Waals surface area (Å²) in [7, 11) is 0. The number of ketones is 1. The summed E-state index contributed by atoms with van der Waals surface area (Å²) in [5.41, 5.74) is -1.46. The fourth-order valence-corrected chi connectivity index (χ4v) is 1.46. The Kier molecular flexibility index (Phi) is 2.07. The van der Waals surface area contributed by atoms with Crippen LogP contribution in [0.5, 0.6) is 0 Å². The van der Waals surface area contributed by atoms with Gasteiger partial charge in [0.2, 0.25) is 0 Å². The average Bonchev–Trinajstić information content (AvgIpc) is 1.89. The van der Waals surface area contributed by atoms with Crippen LogP contribution in [0.2, 0.25) is 0 Å². The van der Waals surface area contributed by atoms with Crippen molar-refractivity contribution in [1.29, 1.82) is 0 Å². The van der Waals surface area contributed by atoms with Gasteiger partial charge in [-0.25, -0.2) is 4.39 Å². The van der Waals surface area contributed by atoms with Crippen LogP contribution in [0.4, 0.5) is 4.39 Å². The zero-order chi connectivity index (χ0) is 7.61. The van der Waals surface area contributed by atoms with Crippen LogP contribution in [0.1, 0.15) is 39.0 Å². The van der Waals surface area contributed by atoms with Crippen LogP contribution in [0.3, 0.4) is 0 Å². The van der Waals surface area contributed by atoms with Crippen molar-refractivity contribution >= 4 is 5.78 Å². The van der Waals surface area contributed by atoms with Crippen molar-refractivity contribution in [3.8, 4) is 0 Å². The van der Waals surface area contributed by atoms with E-state index in [1.54, 1.807) is 0 Å². The van der Waals surface area contributed by atoms with E-state index in [1.165, 1.54) is 6.92 Å². The van der Waals surface area contributed by atoms with Crippen LogP contribution >= 0.6 is 0 Å². The van der Waals surface area contributed by atoms with Crippen LogP contribution in [0.15, 0.2) is 0 Å². The van der Waals surface area contributed by atoms with E-state index in [2.05, 4.69) is 0 Å². The fourth-order valence-electron chi connectivity index (χ4n) is 1.46. The van der Waals surface area contributed by atoms with Crippen molar-refractivity contribution in [2.75, 3.05) is 0 Å². The van der Waals surface area contributed by atoms with Gasteiger partial charge in [-0.05, 0) is 32.6 Å². The summed E-state index contributed by atoms with van der Waals surface area (Å²) in [6, 6.07) is 0. The third kappa shape index (κ3) is 1.36. The lowest BCUT2D eigenvalue weighted by Gasteiger charge is -2.26. The summed E-state index contributed by atoms with van der Waals surface area (Å²) in [4.78, 5) is 10.7. The molecule has 10 heavy (non-hydrogen) atoms. The molecule has 0 radical (unpaired) electrons. The number of halogens is 1. The smallest absolute Gasteiger partial charge is 0.168 e. The monoisotopic (exact) mass is 144 g/mol. The number of hydrogen-bond donors (Lipinski definition) is 0. The molecule has 0 bridgehead atoms. The summed E-state index contributed by atoms with van der Waals surface area (Å²) < 4.78 is 13.3. The van der Waals surface area contributed by atoms with Gasteiger partial charge in [-0.2, -0.15) is 0 Å². The predicted molar refractivity (Wildman–Crippen MR) is 37.6 cm³/mol. The summed E-state index contributed by atoms with van der Waals surface area (Å²) in [5, 5.41) is 0. The summed E-state index contributed by atoms with van der Waals surface area (Å²) in [6.07, 6.45) is 3.72. The minimum absolute atomic E-state index is 0.285. The Morgan fingerprint density at radius 2 is 1.80 bits per heavy atom. The Hall–Kier alpha value is -0.400. The molecule has 0 aliphatic heterocycles. The Morgan fingerprint density at radius 3 is 2.10 bits per heavy atom. The zero-order valence-electron chi connectivity index (χ0n) is 6.32. The highest BCUT2D eigenvalue weighted by Gasteiger charge is 2.36. The second-order valence-corrected chi connectivity index (χ2v) is 3.08. The molecule has 1 fully saturated rings. The van der Waals surface area contributed by atoms with E-state index in [4.69, 9.17) is 0 Å². The first-order valence-electron chi connectivity index (χ1n) is 3.85. The molecule has 1 aliphatic carbocycles. The molecular weight excluding hydrogens is 131 g/mol. The van der Waals surface area contributed by atoms with E-state index < -0.39 is 5.67 Å². The van der Waals surface area contributed by atoms with Gasteiger partial charge >= 0.3 is 0 Å². The number of alkyl halides is 1. The van der Waals surface area contributed by atoms with Crippen molar-refractivity contribution in [2.45, 2.75) is 44.7 Å². The molecule has 1 rings (SSSR count). The molecule has 0 atom stereocenters. The van der Waals surface area contributed by atoms with Gasteiger partial charge in [0.05, 0.1) is 0 Å². The molecular formula is C8H13FO. The van der Waals surface area contributed by atoms with Gasteiger partial charge < -0.3 is 0 Å². The molecule has 1 saturated carbocycles. The first kappa shape index (κ1) is 7.70. The van der Waals surface area contributed by atoms with Crippen LogP contribution in [0, 0.1) is 0 Å². The molecule has 0 amide bonds. The Labute approximate surface area is 60.6 Å². The Morgan fingerprint density at radius 1 is 1.30 bits per heavy atom. The van der Waals surface area contributed by atoms with Crippen LogP contribution in [-0.2, 0) is 4.79 Å². The molecule has 1 nitrogen and oxygen atoms in total. The first-order chi connectivity index (χ1) is 4.65. The quantitative estimate of drug-likeness (QED) is 0.551. The second-order valence-electron chi connectivity index (χ2n) is 3.08. The van der Waals surface area contributed by atoms with Crippen molar-refractivity contribution in [3.63, 3.8) is 0 Å². The molecule has 0 saturated heterocycles. The van der Waals surface area contributed by atoms with E-state index in [-0.39, 0.29) is 5.78 Å².